The molecule has 19 heavy (non-hydrogen) atoms. The summed E-state index contributed by atoms with van der Waals surface area (Å²) in [6.45, 7) is 4.11. The zero-order chi connectivity index (χ0) is 13.4. The van der Waals surface area contributed by atoms with Gasteiger partial charge in [0.25, 0.3) is 0 Å². The summed E-state index contributed by atoms with van der Waals surface area (Å²) in [5.41, 5.74) is 5.76. The Morgan fingerprint density at radius 2 is 2.21 bits per heavy atom. The highest BCUT2D eigenvalue weighted by Crippen LogP contribution is 2.31. The van der Waals surface area contributed by atoms with Crippen molar-refractivity contribution in [1.29, 1.82) is 0 Å². The molecule has 5 nitrogen and oxygen atoms in total. The summed E-state index contributed by atoms with van der Waals surface area (Å²) in [6, 6.07) is 2.17. The van der Waals surface area contributed by atoms with Gasteiger partial charge in [-0.15, -0.1) is 22.7 Å². The van der Waals surface area contributed by atoms with Gasteiger partial charge in [0.05, 0.1) is 11.4 Å². The molecule has 3 rings (SSSR count). The second-order valence-corrected chi connectivity index (χ2v) is 6.40. The van der Waals surface area contributed by atoms with E-state index >= 15 is 0 Å². The fraction of sp³-hybridized carbons (Fsp3) is 0.250. The summed E-state index contributed by atoms with van der Waals surface area (Å²) in [7, 11) is 0. The van der Waals surface area contributed by atoms with Crippen molar-refractivity contribution in [3.63, 3.8) is 0 Å². The van der Waals surface area contributed by atoms with Gasteiger partial charge < -0.3 is 11.1 Å². The van der Waals surface area contributed by atoms with Crippen molar-refractivity contribution in [2.75, 3.05) is 11.1 Å². The number of nitrogens with two attached hydrogens (primary N) is 1. The van der Waals surface area contributed by atoms with E-state index in [0.717, 1.165) is 21.0 Å². The maximum atomic E-state index is 5.76. The number of hydrogen-bond donors (Lipinski definition) is 2. The number of nitrogens with one attached hydrogen (secondary N) is 1. The summed E-state index contributed by atoms with van der Waals surface area (Å²) in [5.74, 6) is 1.07. The Hall–Kier alpha value is -1.73. The molecule has 0 fully saturated rings. The number of aromatic nitrogens is 3. The van der Waals surface area contributed by atoms with Gasteiger partial charge in [-0.25, -0.2) is 9.97 Å². The lowest BCUT2D eigenvalue weighted by Crippen LogP contribution is -2.09. The largest absolute Gasteiger partial charge is 0.368 e. The molecule has 98 valence electrons. The summed E-state index contributed by atoms with van der Waals surface area (Å²) in [5, 5.41) is 7.37. The number of thiazole rings is 1. The van der Waals surface area contributed by atoms with E-state index in [-0.39, 0.29) is 6.04 Å². The normalized spacial score (nSPS) is 12.7. The molecule has 0 aliphatic rings. The molecule has 0 saturated carbocycles. The predicted molar refractivity (Wildman–Crippen MR) is 80.7 cm³/mol. The molecule has 3 aromatic rings. The Morgan fingerprint density at radius 1 is 1.37 bits per heavy atom. The third kappa shape index (κ3) is 2.39. The number of nitrogen functional groups attached to an aromatic ring is 1. The molecule has 0 aliphatic carbocycles. The van der Waals surface area contributed by atoms with Crippen molar-refractivity contribution < 1.29 is 0 Å². The van der Waals surface area contributed by atoms with Crippen LogP contribution in [0.15, 0.2) is 17.6 Å². The lowest BCUT2D eigenvalue weighted by Gasteiger charge is -2.12. The van der Waals surface area contributed by atoms with Crippen LogP contribution in [-0.2, 0) is 0 Å². The quantitative estimate of drug-likeness (QED) is 0.775. The molecular formula is C12H13N5S2. The van der Waals surface area contributed by atoms with Crippen LogP contribution in [0.5, 0.6) is 0 Å². The van der Waals surface area contributed by atoms with Crippen LogP contribution in [0.3, 0.4) is 0 Å². The van der Waals surface area contributed by atoms with Crippen LogP contribution in [-0.4, -0.2) is 15.0 Å². The number of rotatable bonds is 3. The van der Waals surface area contributed by atoms with Gasteiger partial charge >= 0.3 is 0 Å². The van der Waals surface area contributed by atoms with Gasteiger partial charge in [-0.05, 0) is 19.9 Å². The van der Waals surface area contributed by atoms with E-state index in [9.17, 15) is 0 Å². The van der Waals surface area contributed by atoms with Crippen molar-refractivity contribution >= 4 is 44.7 Å². The number of fused-ring (bicyclic) bond motifs is 1. The number of anilines is 2. The third-order valence-electron chi connectivity index (χ3n) is 2.71. The Kier molecular flexibility index (Phi) is 3.08. The van der Waals surface area contributed by atoms with Crippen LogP contribution < -0.4 is 11.1 Å². The van der Waals surface area contributed by atoms with E-state index in [2.05, 4.69) is 40.2 Å². The fourth-order valence-electron chi connectivity index (χ4n) is 1.88. The Bertz CT molecular complexity index is 704. The average Bonchev–Trinajstić information content (AvgIpc) is 2.96. The van der Waals surface area contributed by atoms with E-state index in [0.29, 0.717) is 5.95 Å². The van der Waals surface area contributed by atoms with E-state index in [1.165, 1.54) is 4.88 Å². The minimum atomic E-state index is 0.0951. The molecule has 0 spiro atoms. The number of aryl methyl sites for hydroxylation is 1. The standard InChI is InChI=1S/C12H13N5S2/c1-6-5-8-9(16-12(13)17-11(8)19-6)15-7(2)10-14-3-4-18-10/h3-5,7H,1-2H3,(H3,13,15,16,17). The Balaban J connectivity index is 2.00. The summed E-state index contributed by atoms with van der Waals surface area (Å²) >= 11 is 3.24. The molecule has 3 heterocycles. The Labute approximate surface area is 118 Å². The van der Waals surface area contributed by atoms with Crippen LogP contribution in [0.2, 0.25) is 0 Å². The van der Waals surface area contributed by atoms with Crippen molar-refractivity contribution in [3.8, 4) is 0 Å². The molecule has 0 bridgehead atoms. The van der Waals surface area contributed by atoms with Gasteiger partial charge in [0.15, 0.2) is 0 Å². The first-order chi connectivity index (χ1) is 9.13. The summed E-state index contributed by atoms with van der Waals surface area (Å²) in [6.07, 6.45) is 1.80. The van der Waals surface area contributed by atoms with Crippen LogP contribution in [0, 0.1) is 6.92 Å². The first kappa shape index (κ1) is 12.3. The van der Waals surface area contributed by atoms with Crippen LogP contribution in [0.25, 0.3) is 10.2 Å². The zero-order valence-electron chi connectivity index (χ0n) is 10.5. The lowest BCUT2D eigenvalue weighted by atomic mass is 10.3. The smallest absolute Gasteiger partial charge is 0.223 e. The first-order valence-corrected chi connectivity index (χ1v) is 7.52. The average molecular weight is 291 g/mol. The zero-order valence-corrected chi connectivity index (χ0v) is 12.2. The lowest BCUT2D eigenvalue weighted by molar-refractivity contribution is 0.863. The summed E-state index contributed by atoms with van der Waals surface area (Å²) in [4.78, 5) is 15.0. The van der Waals surface area contributed by atoms with Gasteiger partial charge in [0.1, 0.15) is 15.7 Å². The van der Waals surface area contributed by atoms with Gasteiger partial charge in [0, 0.05) is 16.5 Å². The van der Waals surface area contributed by atoms with E-state index < -0.39 is 0 Å². The van der Waals surface area contributed by atoms with Gasteiger partial charge in [-0.2, -0.15) is 4.98 Å². The molecular weight excluding hydrogens is 278 g/mol. The predicted octanol–water partition coefficient (Wildman–Crippen LogP) is 3.21. The molecule has 1 atom stereocenters. The molecule has 0 radical (unpaired) electrons. The number of hydrogen-bond acceptors (Lipinski definition) is 7. The van der Waals surface area contributed by atoms with Gasteiger partial charge in [0.2, 0.25) is 5.95 Å². The molecule has 0 saturated heterocycles. The van der Waals surface area contributed by atoms with Crippen molar-refractivity contribution in [1.82, 2.24) is 15.0 Å². The van der Waals surface area contributed by atoms with E-state index in [1.807, 2.05) is 5.38 Å². The van der Waals surface area contributed by atoms with Crippen LogP contribution in [0.1, 0.15) is 22.9 Å². The van der Waals surface area contributed by atoms with Crippen LogP contribution >= 0.6 is 22.7 Å². The molecule has 0 aliphatic heterocycles. The molecule has 0 amide bonds. The maximum Gasteiger partial charge on any atom is 0.223 e. The minimum absolute atomic E-state index is 0.0951. The molecule has 3 aromatic heterocycles. The second-order valence-electron chi connectivity index (χ2n) is 4.24. The number of thiophene rings is 1. The van der Waals surface area contributed by atoms with E-state index in [1.54, 1.807) is 28.9 Å². The summed E-state index contributed by atoms with van der Waals surface area (Å²) < 4.78 is 0. The highest BCUT2D eigenvalue weighted by Gasteiger charge is 2.13. The van der Waals surface area contributed by atoms with E-state index in [4.69, 9.17) is 5.73 Å². The minimum Gasteiger partial charge on any atom is -0.368 e. The SMILES string of the molecule is Cc1cc2c(NC(C)c3nccs3)nc(N)nc2s1. The Morgan fingerprint density at radius 3 is 2.95 bits per heavy atom. The fourth-order valence-corrected chi connectivity index (χ4v) is 3.42. The highest BCUT2D eigenvalue weighted by atomic mass is 32.1. The van der Waals surface area contributed by atoms with Crippen molar-refractivity contribution in [2.45, 2.75) is 19.9 Å². The maximum absolute atomic E-state index is 5.76. The van der Waals surface area contributed by atoms with Crippen molar-refractivity contribution in [2.24, 2.45) is 0 Å². The van der Waals surface area contributed by atoms with Gasteiger partial charge in [-0.3, -0.25) is 0 Å². The van der Waals surface area contributed by atoms with Gasteiger partial charge in [-0.1, -0.05) is 0 Å². The monoisotopic (exact) mass is 291 g/mol. The molecule has 1 unspecified atom stereocenters. The second kappa shape index (κ2) is 4.75. The molecule has 7 heteroatoms. The van der Waals surface area contributed by atoms with Crippen molar-refractivity contribution in [3.05, 3.63) is 27.5 Å². The topological polar surface area (TPSA) is 76.7 Å². The van der Waals surface area contributed by atoms with Crippen LogP contribution in [0.4, 0.5) is 11.8 Å². The molecule has 3 N–H and O–H groups in total. The first-order valence-electron chi connectivity index (χ1n) is 5.83. The molecule has 0 aromatic carbocycles. The number of nitrogens with zero attached hydrogens (tertiary/aromatic N) is 3. The third-order valence-corrected chi connectivity index (χ3v) is 4.61. The highest BCUT2D eigenvalue weighted by molar-refractivity contribution is 7.18.